The van der Waals surface area contributed by atoms with Gasteiger partial charge in [-0.15, -0.1) is 0 Å². The number of hydrogen-bond donors (Lipinski definition) is 3. The summed E-state index contributed by atoms with van der Waals surface area (Å²) in [6, 6.07) is 30.7. The smallest absolute Gasteiger partial charge is 0.321 e. The third kappa shape index (κ3) is 5.69. The molecule has 2 aromatic heterocycles. The molecule has 1 unspecified atom stereocenters. The molecule has 0 bridgehead atoms. The Morgan fingerprint density at radius 2 is 1.42 bits per heavy atom. The third-order valence-corrected chi connectivity index (χ3v) is 8.89. The summed E-state index contributed by atoms with van der Waals surface area (Å²) in [5, 5.41) is 3.79. The lowest BCUT2D eigenvalue weighted by Gasteiger charge is -2.37. The number of ether oxygens (including phenoxy) is 3. The van der Waals surface area contributed by atoms with E-state index >= 15 is 0 Å². The van der Waals surface area contributed by atoms with Crippen LogP contribution in [0.2, 0.25) is 0 Å². The second-order valence-corrected chi connectivity index (χ2v) is 14.1. The Hall–Kier alpha value is -3.58. The molecule has 3 N–H and O–H groups in total. The van der Waals surface area contributed by atoms with Crippen LogP contribution in [0.3, 0.4) is 0 Å². The lowest BCUT2D eigenvalue weighted by atomic mass is 9.77. The molecule has 232 valence electrons. The van der Waals surface area contributed by atoms with E-state index in [1.54, 1.807) is 10.9 Å². The summed E-state index contributed by atoms with van der Waals surface area (Å²) in [5.41, 5.74) is 3.28. The van der Waals surface area contributed by atoms with E-state index in [2.05, 4.69) is 58.5 Å². The highest BCUT2D eigenvalue weighted by Crippen LogP contribution is 2.46. The average Bonchev–Trinajstić information content (AvgIpc) is 3.70. The Morgan fingerprint density at radius 3 is 1.98 bits per heavy atom. The van der Waals surface area contributed by atoms with Crippen molar-refractivity contribution in [3.63, 3.8) is 0 Å². The van der Waals surface area contributed by atoms with Crippen molar-refractivity contribution in [1.29, 1.82) is 0 Å². The van der Waals surface area contributed by atoms with Gasteiger partial charge in [0.25, 0.3) is 0 Å². The number of nitrogens with one attached hydrogen (secondary N) is 1. The second kappa shape index (κ2) is 11.7. The van der Waals surface area contributed by atoms with Crippen molar-refractivity contribution < 1.29 is 28.5 Å². The topological polar surface area (TPSA) is 133 Å². The molecule has 0 saturated carbocycles. The molecule has 45 heavy (non-hydrogen) atoms. The van der Waals surface area contributed by atoms with Gasteiger partial charge in [-0.3, -0.25) is 4.57 Å². The van der Waals surface area contributed by atoms with Crippen LogP contribution in [-0.4, -0.2) is 60.0 Å². The largest absolute Gasteiger partial charge is 0.351 e. The van der Waals surface area contributed by atoms with E-state index in [0.29, 0.717) is 17.0 Å². The predicted molar refractivity (Wildman–Crippen MR) is 171 cm³/mol. The second-order valence-electron chi connectivity index (χ2n) is 11.4. The lowest BCUT2D eigenvalue weighted by Crippen LogP contribution is -2.38. The van der Waals surface area contributed by atoms with Crippen LogP contribution in [0.4, 0.5) is 5.82 Å². The number of fused-ring (bicyclic) bond motifs is 2. The van der Waals surface area contributed by atoms with Gasteiger partial charge in [0.2, 0.25) is 0 Å². The minimum atomic E-state index is -3.90. The normalized spacial score (nSPS) is 22.8. The van der Waals surface area contributed by atoms with Gasteiger partial charge in [0.05, 0.1) is 12.9 Å². The predicted octanol–water partition coefficient (Wildman–Crippen LogP) is 4.87. The minimum Gasteiger partial charge on any atom is -0.351 e. The van der Waals surface area contributed by atoms with Crippen molar-refractivity contribution in [3.8, 4) is 0 Å². The summed E-state index contributed by atoms with van der Waals surface area (Å²) in [6.07, 6.45) is 0.653. The highest BCUT2D eigenvalue weighted by molar-refractivity contribution is 8.06. The highest BCUT2D eigenvalue weighted by Gasteiger charge is 2.56. The molecule has 0 amide bonds. The number of hydrogen-bond acceptors (Lipinski definition) is 9. The molecular formula is C32H32N5O6PS. The van der Waals surface area contributed by atoms with Gasteiger partial charge in [-0.2, -0.15) is 0 Å². The van der Waals surface area contributed by atoms with E-state index in [4.69, 9.17) is 28.7 Å². The van der Waals surface area contributed by atoms with Crippen molar-refractivity contribution in [1.82, 2.24) is 19.5 Å². The quantitative estimate of drug-likeness (QED) is 0.150. The van der Waals surface area contributed by atoms with E-state index in [1.807, 2.05) is 68.4 Å². The van der Waals surface area contributed by atoms with Crippen LogP contribution in [0.15, 0.2) is 104 Å². The van der Waals surface area contributed by atoms with E-state index in [9.17, 15) is 9.79 Å². The fourth-order valence-electron chi connectivity index (χ4n) is 6.28. The minimum absolute atomic E-state index is 0.177. The SMILES string of the molecule is CC1(C)OC2[C@@H](COP(O)(O)=S)O[C@@H](n3cnc4c(NC(c5ccccc5)(c5ccccc5)c5ccccc5)ncnc43)[C@H]2O1. The van der Waals surface area contributed by atoms with Crippen molar-refractivity contribution in [2.24, 2.45) is 0 Å². The molecule has 11 nitrogen and oxygen atoms in total. The first-order valence-corrected chi connectivity index (χ1v) is 17.1. The zero-order valence-electron chi connectivity index (χ0n) is 24.5. The number of nitrogens with zero attached hydrogens (tertiary/aromatic N) is 4. The maximum atomic E-state index is 9.68. The molecule has 5 aromatic rings. The summed E-state index contributed by atoms with van der Waals surface area (Å²) in [4.78, 5) is 33.4. The van der Waals surface area contributed by atoms with Gasteiger partial charge in [0, 0.05) is 0 Å². The lowest BCUT2D eigenvalue weighted by molar-refractivity contribution is -0.199. The van der Waals surface area contributed by atoms with Crippen molar-refractivity contribution >= 4 is 35.5 Å². The molecule has 0 spiro atoms. The first-order chi connectivity index (χ1) is 21.6. The molecule has 2 fully saturated rings. The number of benzene rings is 3. The molecule has 13 heteroatoms. The van der Waals surface area contributed by atoms with E-state index < -0.39 is 42.6 Å². The van der Waals surface area contributed by atoms with E-state index in [1.165, 1.54) is 6.33 Å². The monoisotopic (exact) mass is 645 g/mol. The zero-order chi connectivity index (χ0) is 31.2. The van der Waals surface area contributed by atoms with Crippen molar-refractivity contribution in [2.75, 3.05) is 11.9 Å². The van der Waals surface area contributed by atoms with Gasteiger partial charge in [0.1, 0.15) is 30.2 Å². The van der Waals surface area contributed by atoms with Gasteiger partial charge in [-0.05, 0) is 42.3 Å². The molecule has 4 atom stereocenters. The Bertz CT molecular complexity index is 1740. The number of rotatable bonds is 9. The van der Waals surface area contributed by atoms with Gasteiger partial charge >= 0.3 is 6.72 Å². The fourth-order valence-corrected chi connectivity index (χ4v) is 6.80. The van der Waals surface area contributed by atoms with Crippen LogP contribution in [-0.2, 0) is 36.1 Å². The first-order valence-electron chi connectivity index (χ1n) is 14.5. The summed E-state index contributed by atoms with van der Waals surface area (Å²) in [5.74, 6) is -0.373. The van der Waals surface area contributed by atoms with E-state index in [0.717, 1.165) is 16.7 Å². The fraction of sp³-hybridized carbons (Fsp3) is 0.281. The Kier molecular flexibility index (Phi) is 7.79. The first kappa shape index (κ1) is 30.1. The number of imidazole rings is 1. The van der Waals surface area contributed by atoms with Crippen LogP contribution in [0.1, 0.15) is 36.8 Å². The van der Waals surface area contributed by atoms with Gasteiger partial charge in [0.15, 0.2) is 29.0 Å². The maximum Gasteiger partial charge on any atom is 0.321 e. The van der Waals surface area contributed by atoms with Gasteiger partial charge in [-0.1, -0.05) is 91.0 Å². The summed E-state index contributed by atoms with van der Waals surface area (Å²) in [6.45, 7) is -0.447. The highest BCUT2D eigenvalue weighted by atomic mass is 32.5. The Labute approximate surface area is 265 Å². The molecule has 3 aromatic carbocycles. The van der Waals surface area contributed by atoms with Crippen molar-refractivity contribution in [2.45, 2.75) is 49.7 Å². The van der Waals surface area contributed by atoms with Crippen LogP contribution in [0.5, 0.6) is 0 Å². The molecule has 2 aliphatic rings. The zero-order valence-corrected chi connectivity index (χ0v) is 26.2. The van der Waals surface area contributed by atoms with Crippen LogP contribution in [0.25, 0.3) is 11.2 Å². The third-order valence-electron chi connectivity index (χ3n) is 8.09. The van der Waals surface area contributed by atoms with Crippen molar-refractivity contribution in [3.05, 3.63) is 120 Å². The Morgan fingerprint density at radius 1 is 0.867 bits per heavy atom. The van der Waals surface area contributed by atoms with E-state index in [-0.39, 0.29) is 6.61 Å². The molecular weight excluding hydrogens is 613 g/mol. The Balaban J connectivity index is 1.32. The summed E-state index contributed by atoms with van der Waals surface area (Å²) < 4.78 is 25.7. The summed E-state index contributed by atoms with van der Waals surface area (Å²) in [7, 11) is 0. The molecule has 2 aliphatic heterocycles. The van der Waals surface area contributed by atoms with Crippen LogP contribution < -0.4 is 5.32 Å². The molecule has 2 saturated heterocycles. The molecule has 4 heterocycles. The number of aromatic nitrogens is 4. The van der Waals surface area contributed by atoms with Gasteiger partial charge < -0.3 is 33.8 Å². The van der Waals surface area contributed by atoms with Crippen LogP contribution in [0, 0.1) is 0 Å². The standard InChI is InChI=1S/C32H32N5O6PS/c1-31(2)42-26-24(18-40-44(38,39)45)41-30(27(26)43-31)37-20-35-25-28(33-19-34-29(25)37)36-32(21-12-6-3-7-13-21,22-14-8-4-9-15-22)23-16-10-5-11-17-23/h3-17,19-20,24,26-27,30H,18H2,1-2H3,(H,33,34,36)(H2,38,39,45)/t24-,26?,27+,30-/m1/s1. The molecule has 0 radical (unpaired) electrons. The number of anilines is 1. The van der Waals surface area contributed by atoms with Gasteiger partial charge in [-0.25, -0.2) is 15.0 Å². The summed E-state index contributed by atoms with van der Waals surface area (Å²) >= 11 is 4.65. The maximum absolute atomic E-state index is 9.68. The molecule has 0 aliphatic carbocycles. The van der Waals surface area contributed by atoms with Crippen LogP contribution >= 0.6 is 6.72 Å². The molecule has 7 rings (SSSR count). The average molecular weight is 646 g/mol.